The van der Waals surface area contributed by atoms with Crippen LogP contribution in [0.1, 0.15) is 5.56 Å². The Bertz CT molecular complexity index is 423. The molecule has 0 atom stereocenters. The quantitative estimate of drug-likeness (QED) is 0.562. The Morgan fingerprint density at radius 3 is 2.12 bits per heavy atom. The SMILES string of the molecule is Cc1cc(F)cc(-c2ccccc2)c1.OS. The van der Waals surface area contributed by atoms with E-state index < -0.39 is 0 Å². The van der Waals surface area contributed by atoms with E-state index in [-0.39, 0.29) is 5.82 Å². The second-order valence-electron chi connectivity index (χ2n) is 3.38. The molecule has 84 valence electrons. The molecule has 0 amide bonds. The van der Waals surface area contributed by atoms with E-state index in [1.54, 1.807) is 6.07 Å². The van der Waals surface area contributed by atoms with Crippen molar-refractivity contribution < 1.29 is 8.94 Å². The van der Waals surface area contributed by atoms with Gasteiger partial charge in [0, 0.05) is 0 Å². The fraction of sp³-hybridized carbons (Fsp3) is 0.0769. The zero-order chi connectivity index (χ0) is 12.0. The van der Waals surface area contributed by atoms with Crippen molar-refractivity contribution in [1.82, 2.24) is 0 Å². The van der Waals surface area contributed by atoms with Crippen LogP contribution in [0.3, 0.4) is 0 Å². The first-order valence-electron chi connectivity index (χ1n) is 4.78. The summed E-state index contributed by atoms with van der Waals surface area (Å²) < 4.78 is 19.8. The van der Waals surface area contributed by atoms with Gasteiger partial charge in [0.2, 0.25) is 0 Å². The Kier molecular flexibility index (Phi) is 5.02. The van der Waals surface area contributed by atoms with E-state index in [2.05, 4.69) is 12.9 Å². The maximum atomic E-state index is 13.1. The van der Waals surface area contributed by atoms with E-state index in [0.717, 1.165) is 16.7 Å². The Labute approximate surface area is 100 Å². The maximum absolute atomic E-state index is 13.1. The molecule has 0 unspecified atom stereocenters. The lowest BCUT2D eigenvalue weighted by molar-refractivity contribution is 0.627. The molecule has 0 saturated carbocycles. The first-order valence-corrected chi connectivity index (χ1v) is 5.18. The van der Waals surface area contributed by atoms with Gasteiger partial charge in [-0.05, 0) is 48.7 Å². The van der Waals surface area contributed by atoms with Gasteiger partial charge in [0.1, 0.15) is 5.82 Å². The lowest BCUT2D eigenvalue weighted by Gasteiger charge is -2.02. The fourth-order valence-electron chi connectivity index (χ4n) is 1.53. The zero-order valence-corrected chi connectivity index (χ0v) is 9.79. The van der Waals surface area contributed by atoms with E-state index in [0.29, 0.717) is 0 Å². The molecule has 0 heterocycles. The summed E-state index contributed by atoms with van der Waals surface area (Å²) in [5.41, 5.74) is 2.93. The average molecular weight is 236 g/mol. The van der Waals surface area contributed by atoms with Crippen molar-refractivity contribution >= 4 is 12.9 Å². The van der Waals surface area contributed by atoms with Crippen molar-refractivity contribution in [1.29, 1.82) is 0 Å². The molecular formula is C13H13FOS. The van der Waals surface area contributed by atoms with Gasteiger partial charge >= 0.3 is 0 Å². The Hall–Kier alpha value is -1.32. The van der Waals surface area contributed by atoms with Crippen LogP contribution in [0.2, 0.25) is 0 Å². The van der Waals surface area contributed by atoms with E-state index in [1.165, 1.54) is 6.07 Å². The molecule has 0 spiro atoms. The van der Waals surface area contributed by atoms with Gasteiger partial charge in [-0.2, -0.15) is 0 Å². The van der Waals surface area contributed by atoms with Crippen molar-refractivity contribution in [3.05, 3.63) is 59.9 Å². The summed E-state index contributed by atoms with van der Waals surface area (Å²) in [4.78, 5) is 0. The van der Waals surface area contributed by atoms with Gasteiger partial charge in [0.15, 0.2) is 0 Å². The lowest BCUT2D eigenvalue weighted by Crippen LogP contribution is -1.82. The second kappa shape index (κ2) is 6.30. The number of halogens is 1. The maximum Gasteiger partial charge on any atom is 0.124 e. The molecule has 1 nitrogen and oxygen atoms in total. The summed E-state index contributed by atoms with van der Waals surface area (Å²) in [6, 6.07) is 14.9. The van der Waals surface area contributed by atoms with Crippen LogP contribution in [-0.4, -0.2) is 4.55 Å². The molecule has 3 heteroatoms. The smallest absolute Gasteiger partial charge is 0.124 e. The molecule has 2 aromatic rings. The first-order chi connectivity index (χ1) is 7.75. The Balaban J connectivity index is 0.000000606. The van der Waals surface area contributed by atoms with Crippen LogP contribution in [0, 0.1) is 12.7 Å². The molecule has 0 aliphatic carbocycles. The molecule has 0 aliphatic rings. The van der Waals surface area contributed by atoms with Crippen molar-refractivity contribution in [3.8, 4) is 11.1 Å². The Morgan fingerprint density at radius 2 is 1.56 bits per heavy atom. The second-order valence-corrected chi connectivity index (χ2v) is 3.38. The number of thiol groups is 1. The van der Waals surface area contributed by atoms with Gasteiger partial charge in [0.25, 0.3) is 0 Å². The number of hydrogen-bond donors (Lipinski definition) is 2. The van der Waals surface area contributed by atoms with Crippen molar-refractivity contribution in [2.45, 2.75) is 6.92 Å². The summed E-state index contributed by atoms with van der Waals surface area (Å²) in [6.45, 7) is 1.90. The van der Waals surface area contributed by atoms with Gasteiger partial charge < -0.3 is 4.55 Å². The highest BCUT2D eigenvalue weighted by atomic mass is 32.1. The van der Waals surface area contributed by atoms with Crippen molar-refractivity contribution in [2.24, 2.45) is 0 Å². The summed E-state index contributed by atoms with van der Waals surface area (Å²) in [5.74, 6) is -0.177. The highest BCUT2D eigenvalue weighted by molar-refractivity contribution is 7.74. The Morgan fingerprint density at radius 1 is 0.938 bits per heavy atom. The van der Waals surface area contributed by atoms with Crippen molar-refractivity contribution in [2.75, 3.05) is 0 Å². The zero-order valence-electron chi connectivity index (χ0n) is 8.89. The average Bonchev–Trinajstić information content (AvgIpc) is 2.32. The van der Waals surface area contributed by atoms with Gasteiger partial charge in [-0.15, -0.1) is 0 Å². The molecule has 0 fully saturated rings. The van der Waals surface area contributed by atoms with E-state index >= 15 is 0 Å². The van der Waals surface area contributed by atoms with Gasteiger partial charge in [0.05, 0.1) is 0 Å². The monoisotopic (exact) mass is 236 g/mol. The molecule has 0 radical (unpaired) electrons. The standard InChI is InChI=1S/C13H11F.H2OS/c1-10-7-12(9-13(14)8-10)11-5-3-2-4-6-11;1-2/h2-9H,1H3;1-2H. The van der Waals surface area contributed by atoms with Crippen LogP contribution in [0.5, 0.6) is 0 Å². The molecule has 0 aromatic heterocycles. The normalized spacial score (nSPS) is 9.25. The summed E-state index contributed by atoms with van der Waals surface area (Å²) in [7, 11) is 0. The third kappa shape index (κ3) is 3.36. The highest BCUT2D eigenvalue weighted by Gasteiger charge is 1.99. The minimum atomic E-state index is -0.177. The van der Waals surface area contributed by atoms with Crippen LogP contribution in [-0.2, 0) is 0 Å². The number of benzene rings is 2. The van der Waals surface area contributed by atoms with E-state index in [1.807, 2.05) is 43.3 Å². The lowest BCUT2D eigenvalue weighted by atomic mass is 10.0. The minimum absolute atomic E-state index is 0.177. The topological polar surface area (TPSA) is 20.2 Å². The predicted octanol–water partition coefficient (Wildman–Crippen LogP) is 4.19. The van der Waals surface area contributed by atoms with Crippen LogP contribution >= 0.6 is 12.9 Å². The summed E-state index contributed by atoms with van der Waals surface area (Å²) in [6.07, 6.45) is 0. The summed E-state index contributed by atoms with van der Waals surface area (Å²) >= 11 is 2.53. The highest BCUT2D eigenvalue weighted by Crippen LogP contribution is 2.21. The number of rotatable bonds is 1. The molecule has 0 aliphatic heterocycles. The van der Waals surface area contributed by atoms with E-state index in [9.17, 15) is 4.39 Å². The molecule has 2 rings (SSSR count). The van der Waals surface area contributed by atoms with Crippen LogP contribution < -0.4 is 0 Å². The minimum Gasteiger partial charge on any atom is -0.333 e. The molecule has 1 N–H and O–H groups in total. The predicted molar refractivity (Wildman–Crippen MR) is 68.2 cm³/mol. The van der Waals surface area contributed by atoms with Crippen LogP contribution in [0.15, 0.2) is 48.5 Å². The molecular weight excluding hydrogens is 223 g/mol. The number of hydrogen-bond acceptors (Lipinski definition) is 2. The molecule has 0 saturated heterocycles. The fourth-order valence-corrected chi connectivity index (χ4v) is 1.53. The van der Waals surface area contributed by atoms with Crippen molar-refractivity contribution in [3.63, 3.8) is 0 Å². The van der Waals surface area contributed by atoms with Gasteiger partial charge in [-0.1, -0.05) is 36.4 Å². The van der Waals surface area contributed by atoms with Gasteiger partial charge in [-0.3, -0.25) is 0 Å². The first kappa shape index (κ1) is 12.7. The van der Waals surface area contributed by atoms with Crippen LogP contribution in [0.4, 0.5) is 4.39 Å². The summed E-state index contributed by atoms with van der Waals surface area (Å²) in [5, 5.41) is 0. The third-order valence-electron chi connectivity index (χ3n) is 2.15. The molecule has 0 bridgehead atoms. The largest absolute Gasteiger partial charge is 0.333 e. The molecule has 16 heavy (non-hydrogen) atoms. The molecule has 2 aromatic carbocycles. The third-order valence-corrected chi connectivity index (χ3v) is 2.15. The van der Waals surface area contributed by atoms with Gasteiger partial charge in [-0.25, -0.2) is 4.39 Å². The number of aryl methyl sites for hydroxylation is 1. The van der Waals surface area contributed by atoms with Crippen LogP contribution in [0.25, 0.3) is 11.1 Å². The van der Waals surface area contributed by atoms with E-state index in [4.69, 9.17) is 4.55 Å².